The summed E-state index contributed by atoms with van der Waals surface area (Å²) < 4.78 is 10.4. The Balaban J connectivity index is 2.52. The average Bonchev–Trinajstić information content (AvgIpc) is 2.33. The predicted octanol–water partition coefficient (Wildman–Crippen LogP) is 3.54. The Morgan fingerprint density at radius 3 is 2.65 bits per heavy atom. The van der Waals surface area contributed by atoms with Gasteiger partial charge in [-0.25, -0.2) is 4.79 Å². The molecular weight excluding hydrogens is 254 g/mol. The third kappa shape index (κ3) is 5.78. The molecule has 1 rings (SSSR count). The van der Waals surface area contributed by atoms with Gasteiger partial charge in [0.05, 0.1) is 7.11 Å². The van der Waals surface area contributed by atoms with Crippen molar-refractivity contribution in [2.24, 2.45) is 0 Å². The van der Waals surface area contributed by atoms with Crippen LogP contribution in [0, 0.1) is 6.92 Å². The summed E-state index contributed by atoms with van der Waals surface area (Å²) in [5, 5.41) is 2.67. The standard InChI is InChI=1S/C16H23NO3/c1-12-8-9-13(14(11-12)19-5)7-6-10-17-15(18)20-16(2,3)4/h6-9,11H,10H2,1-5H3,(H,17,18). The lowest BCUT2D eigenvalue weighted by atomic mass is 10.1. The number of hydrogen-bond donors (Lipinski definition) is 1. The number of hydrogen-bond acceptors (Lipinski definition) is 3. The molecule has 0 aliphatic heterocycles. The molecule has 20 heavy (non-hydrogen) atoms. The highest BCUT2D eigenvalue weighted by atomic mass is 16.6. The van der Waals surface area contributed by atoms with E-state index in [2.05, 4.69) is 5.32 Å². The van der Waals surface area contributed by atoms with Gasteiger partial charge in [-0.2, -0.15) is 0 Å². The zero-order valence-corrected chi connectivity index (χ0v) is 12.8. The van der Waals surface area contributed by atoms with Crippen LogP contribution in [0.4, 0.5) is 4.79 Å². The highest BCUT2D eigenvalue weighted by molar-refractivity contribution is 5.68. The molecule has 0 aliphatic rings. The van der Waals surface area contributed by atoms with Crippen LogP contribution in [0.1, 0.15) is 31.9 Å². The van der Waals surface area contributed by atoms with Crippen molar-refractivity contribution in [3.8, 4) is 5.75 Å². The third-order valence-corrected chi connectivity index (χ3v) is 2.45. The summed E-state index contributed by atoms with van der Waals surface area (Å²) in [6, 6.07) is 5.97. The summed E-state index contributed by atoms with van der Waals surface area (Å²) in [5.74, 6) is 0.818. The molecule has 0 heterocycles. The Bertz CT molecular complexity index is 487. The number of ether oxygens (including phenoxy) is 2. The fraction of sp³-hybridized carbons (Fsp3) is 0.438. The van der Waals surface area contributed by atoms with Crippen molar-refractivity contribution in [3.63, 3.8) is 0 Å². The molecule has 1 aromatic rings. The molecule has 0 aliphatic carbocycles. The molecule has 110 valence electrons. The van der Waals surface area contributed by atoms with Gasteiger partial charge in [0.25, 0.3) is 0 Å². The highest BCUT2D eigenvalue weighted by Crippen LogP contribution is 2.20. The molecule has 0 saturated carbocycles. The first kappa shape index (κ1) is 16.1. The number of alkyl carbamates (subject to hydrolysis) is 1. The molecule has 0 unspecified atom stereocenters. The van der Waals surface area contributed by atoms with Crippen molar-refractivity contribution in [1.29, 1.82) is 0 Å². The summed E-state index contributed by atoms with van der Waals surface area (Å²) in [6.45, 7) is 7.92. The molecule has 0 saturated heterocycles. The summed E-state index contributed by atoms with van der Waals surface area (Å²) in [5.41, 5.74) is 1.64. The van der Waals surface area contributed by atoms with Crippen LogP contribution in [-0.4, -0.2) is 25.3 Å². The summed E-state index contributed by atoms with van der Waals surface area (Å²) in [4.78, 5) is 11.4. The fourth-order valence-electron chi connectivity index (χ4n) is 1.60. The molecule has 1 amide bonds. The van der Waals surface area contributed by atoms with Gasteiger partial charge in [0, 0.05) is 12.1 Å². The van der Waals surface area contributed by atoms with Crippen LogP contribution in [0.15, 0.2) is 24.3 Å². The first-order valence-corrected chi connectivity index (χ1v) is 6.60. The number of carbonyl (C=O) groups is 1. The second-order valence-electron chi connectivity index (χ2n) is 5.53. The monoisotopic (exact) mass is 277 g/mol. The maximum Gasteiger partial charge on any atom is 0.407 e. The summed E-state index contributed by atoms with van der Waals surface area (Å²) >= 11 is 0. The molecule has 1 aromatic carbocycles. The van der Waals surface area contributed by atoms with Crippen molar-refractivity contribution < 1.29 is 14.3 Å². The lowest BCUT2D eigenvalue weighted by Crippen LogP contribution is -2.32. The van der Waals surface area contributed by atoms with E-state index >= 15 is 0 Å². The van der Waals surface area contributed by atoms with Crippen LogP contribution >= 0.6 is 0 Å². The van der Waals surface area contributed by atoms with E-state index in [0.29, 0.717) is 6.54 Å². The van der Waals surface area contributed by atoms with Gasteiger partial charge in [0.15, 0.2) is 0 Å². The molecule has 0 bridgehead atoms. The van der Waals surface area contributed by atoms with Crippen molar-refractivity contribution in [1.82, 2.24) is 5.32 Å². The average molecular weight is 277 g/mol. The topological polar surface area (TPSA) is 47.6 Å². The molecule has 0 atom stereocenters. The molecular formula is C16H23NO3. The highest BCUT2D eigenvalue weighted by Gasteiger charge is 2.14. The van der Waals surface area contributed by atoms with E-state index in [9.17, 15) is 4.79 Å². The minimum atomic E-state index is -0.478. The number of carbonyl (C=O) groups excluding carboxylic acids is 1. The molecule has 0 aromatic heterocycles. The van der Waals surface area contributed by atoms with E-state index in [1.807, 2.05) is 58.0 Å². The van der Waals surface area contributed by atoms with E-state index in [-0.39, 0.29) is 0 Å². The van der Waals surface area contributed by atoms with E-state index in [4.69, 9.17) is 9.47 Å². The predicted molar refractivity (Wildman–Crippen MR) is 81.0 cm³/mol. The summed E-state index contributed by atoms with van der Waals surface area (Å²) in [6.07, 6.45) is 3.35. The SMILES string of the molecule is COc1cc(C)ccc1C=CCNC(=O)OC(C)(C)C. The largest absolute Gasteiger partial charge is 0.496 e. The minimum Gasteiger partial charge on any atom is -0.496 e. The molecule has 4 nitrogen and oxygen atoms in total. The van der Waals surface area contributed by atoms with Gasteiger partial charge >= 0.3 is 6.09 Å². The third-order valence-electron chi connectivity index (χ3n) is 2.45. The molecule has 0 spiro atoms. The molecule has 0 fully saturated rings. The Kier molecular flexibility index (Phi) is 5.62. The number of nitrogens with one attached hydrogen (secondary N) is 1. The Labute approximate surface area is 120 Å². The Morgan fingerprint density at radius 2 is 2.05 bits per heavy atom. The number of benzene rings is 1. The van der Waals surface area contributed by atoms with Gasteiger partial charge < -0.3 is 14.8 Å². The van der Waals surface area contributed by atoms with Crippen LogP contribution in [0.25, 0.3) is 6.08 Å². The summed E-state index contributed by atoms with van der Waals surface area (Å²) in [7, 11) is 1.64. The van der Waals surface area contributed by atoms with Gasteiger partial charge in [-0.15, -0.1) is 0 Å². The maximum absolute atomic E-state index is 11.4. The van der Waals surface area contributed by atoms with Gasteiger partial charge in [0.1, 0.15) is 11.4 Å². The van der Waals surface area contributed by atoms with Crippen LogP contribution in [-0.2, 0) is 4.74 Å². The maximum atomic E-state index is 11.4. The normalized spacial score (nSPS) is 11.4. The Hall–Kier alpha value is -1.97. The first-order valence-electron chi connectivity index (χ1n) is 6.60. The van der Waals surface area contributed by atoms with Gasteiger partial charge in [-0.1, -0.05) is 24.3 Å². The lowest BCUT2D eigenvalue weighted by molar-refractivity contribution is 0.0534. The Morgan fingerprint density at radius 1 is 1.35 bits per heavy atom. The van der Waals surface area contributed by atoms with Crippen molar-refractivity contribution in [2.75, 3.05) is 13.7 Å². The number of aryl methyl sites for hydroxylation is 1. The lowest BCUT2D eigenvalue weighted by Gasteiger charge is -2.19. The zero-order valence-electron chi connectivity index (χ0n) is 12.8. The molecule has 1 N–H and O–H groups in total. The van der Waals surface area contributed by atoms with Gasteiger partial charge in [-0.3, -0.25) is 0 Å². The second-order valence-corrected chi connectivity index (χ2v) is 5.53. The molecule has 0 radical (unpaired) electrons. The minimum absolute atomic E-state index is 0.409. The first-order chi connectivity index (χ1) is 9.31. The smallest absolute Gasteiger partial charge is 0.407 e. The van der Waals surface area contributed by atoms with E-state index in [1.54, 1.807) is 7.11 Å². The fourth-order valence-corrected chi connectivity index (χ4v) is 1.60. The van der Waals surface area contributed by atoms with Crippen LogP contribution in [0.5, 0.6) is 5.75 Å². The van der Waals surface area contributed by atoms with Gasteiger partial charge in [-0.05, 0) is 39.3 Å². The molecule has 4 heteroatoms. The van der Waals surface area contributed by atoms with Crippen LogP contribution in [0.2, 0.25) is 0 Å². The van der Waals surface area contributed by atoms with Crippen LogP contribution in [0.3, 0.4) is 0 Å². The zero-order chi connectivity index (χ0) is 15.2. The van der Waals surface area contributed by atoms with E-state index < -0.39 is 11.7 Å². The van der Waals surface area contributed by atoms with Crippen molar-refractivity contribution in [3.05, 3.63) is 35.4 Å². The van der Waals surface area contributed by atoms with Gasteiger partial charge in [0.2, 0.25) is 0 Å². The van der Waals surface area contributed by atoms with E-state index in [1.165, 1.54) is 0 Å². The quantitative estimate of drug-likeness (QED) is 0.915. The van der Waals surface area contributed by atoms with E-state index in [0.717, 1.165) is 16.9 Å². The number of methoxy groups -OCH3 is 1. The van der Waals surface area contributed by atoms with Crippen LogP contribution < -0.4 is 10.1 Å². The van der Waals surface area contributed by atoms with Crippen molar-refractivity contribution >= 4 is 12.2 Å². The number of amides is 1. The second kappa shape index (κ2) is 6.98. The number of rotatable bonds is 4. The van der Waals surface area contributed by atoms with Crippen molar-refractivity contribution in [2.45, 2.75) is 33.3 Å².